The molecule has 0 spiro atoms. The standard InChI is InChI=1S/C13H10BrFN2S/c1-8(13-11(14)4-5-18-13)17-12-3-2-10(15)6-9(12)7-16/h2-6,8,17H,1H3. The molecule has 0 bridgehead atoms. The average molecular weight is 325 g/mol. The summed E-state index contributed by atoms with van der Waals surface area (Å²) >= 11 is 5.10. The summed E-state index contributed by atoms with van der Waals surface area (Å²) in [5.74, 6) is -0.401. The molecule has 92 valence electrons. The maximum atomic E-state index is 13.0. The molecule has 1 N–H and O–H groups in total. The first-order valence-electron chi connectivity index (χ1n) is 5.31. The molecule has 0 radical (unpaired) electrons. The van der Waals surface area contributed by atoms with Gasteiger partial charge in [-0.15, -0.1) is 11.3 Å². The van der Waals surface area contributed by atoms with Crippen molar-refractivity contribution in [2.45, 2.75) is 13.0 Å². The van der Waals surface area contributed by atoms with Crippen molar-refractivity contribution in [3.05, 3.63) is 50.4 Å². The number of nitriles is 1. The Morgan fingerprint density at radius 2 is 2.22 bits per heavy atom. The smallest absolute Gasteiger partial charge is 0.124 e. The highest BCUT2D eigenvalue weighted by atomic mass is 79.9. The summed E-state index contributed by atoms with van der Waals surface area (Å²) in [6.45, 7) is 2.00. The third-order valence-electron chi connectivity index (χ3n) is 2.51. The third kappa shape index (κ3) is 2.71. The fourth-order valence-corrected chi connectivity index (χ4v) is 3.37. The molecule has 0 aliphatic rings. The summed E-state index contributed by atoms with van der Waals surface area (Å²) in [4.78, 5) is 1.14. The lowest BCUT2D eigenvalue weighted by molar-refractivity contribution is 0.627. The lowest BCUT2D eigenvalue weighted by Crippen LogP contribution is -2.07. The second-order valence-corrected chi connectivity index (χ2v) is 5.60. The van der Waals surface area contributed by atoms with Crippen LogP contribution in [0.4, 0.5) is 10.1 Å². The maximum Gasteiger partial charge on any atom is 0.124 e. The Morgan fingerprint density at radius 3 is 2.83 bits per heavy atom. The maximum absolute atomic E-state index is 13.0. The Bertz CT molecular complexity index is 603. The van der Waals surface area contributed by atoms with Gasteiger partial charge in [-0.3, -0.25) is 0 Å². The molecule has 1 heterocycles. The van der Waals surface area contributed by atoms with E-state index in [4.69, 9.17) is 5.26 Å². The number of nitrogens with zero attached hydrogens (tertiary/aromatic N) is 1. The van der Waals surface area contributed by atoms with Gasteiger partial charge in [0.25, 0.3) is 0 Å². The molecule has 1 aromatic carbocycles. The minimum absolute atomic E-state index is 0.0527. The Morgan fingerprint density at radius 1 is 1.44 bits per heavy atom. The van der Waals surface area contributed by atoms with Gasteiger partial charge in [0, 0.05) is 9.35 Å². The number of benzene rings is 1. The van der Waals surface area contributed by atoms with Gasteiger partial charge < -0.3 is 5.32 Å². The van der Waals surface area contributed by atoms with E-state index in [2.05, 4.69) is 21.2 Å². The van der Waals surface area contributed by atoms with Gasteiger partial charge in [0.2, 0.25) is 0 Å². The monoisotopic (exact) mass is 324 g/mol. The van der Waals surface area contributed by atoms with Crippen LogP contribution in [-0.4, -0.2) is 0 Å². The van der Waals surface area contributed by atoms with Gasteiger partial charge in [0.1, 0.15) is 11.9 Å². The van der Waals surface area contributed by atoms with Crippen molar-refractivity contribution >= 4 is 33.0 Å². The highest BCUT2D eigenvalue weighted by Gasteiger charge is 2.12. The van der Waals surface area contributed by atoms with E-state index in [1.165, 1.54) is 12.1 Å². The van der Waals surface area contributed by atoms with Gasteiger partial charge in [0.15, 0.2) is 0 Å². The number of anilines is 1. The molecule has 1 atom stereocenters. The van der Waals surface area contributed by atoms with Crippen LogP contribution in [-0.2, 0) is 0 Å². The molecular weight excluding hydrogens is 315 g/mol. The van der Waals surface area contributed by atoms with Crippen LogP contribution in [0.15, 0.2) is 34.1 Å². The molecule has 0 fully saturated rings. The van der Waals surface area contributed by atoms with Crippen molar-refractivity contribution in [2.75, 3.05) is 5.32 Å². The summed E-state index contributed by atoms with van der Waals surface area (Å²) in [6, 6.07) is 8.19. The normalized spacial score (nSPS) is 11.9. The molecule has 0 saturated heterocycles. The number of halogens is 2. The first-order valence-corrected chi connectivity index (χ1v) is 6.98. The summed E-state index contributed by atoms with van der Waals surface area (Å²) < 4.78 is 14.1. The predicted molar refractivity (Wildman–Crippen MR) is 75.2 cm³/mol. The average Bonchev–Trinajstić information content (AvgIpc) is 2.77. The minimum atomic E-state index is -0.401. The molecule has 2 rings (SSSR count). The molecule has 18 heavy (non-hydrogen) atoms. The van der Waals surface area contributed by atoms with E-state index in [-0.39, 0.29) is 6.04 Å². The first kappa shape index (κ1) is 13.1. The largest absolute Gasteiger partial charge is 0.377 e. The first-order chi connectivity index (χ1) is 8.61. The van der Waals surface area contributed by atoms with E-state index >= 15 is 0 Å². The minimum Gasteiger partial charge on any atom is -0.377 e. The van der Waals surface area contributed by atoms with Gasteiger partial charge in [-0.25, -0.2) is 4.39 Å². The Labute approximate surface area is 117 Å². The number of hydrogen-bond donors (Lipinski definition) is 1. The van der Waals surface area contributed by atoms with E-state index in [1.807, 2.05) is 24.4 Å². The fourth-order valence-electron chi connectivity index (χ4n) is 1.65. The topological polar surface area (TPSA) is 35.8 Å². The van der Waals surface area contributed by atoms with Gasteiger partial charge in [-0.2, -0.15) is 5.26 Å². The van der Waals surface area contributed by atoms with Crippen molar-refractivity contribution in [2.24, 2.45) is 0 Å². The SMILES string of the molecule is CC(Nc1ccc(F)cc1C#N)c1sccc1Br. The lowest BCUT2D eigenvalue weighted by atomic mass is 10.1. The molecule has 2 nitrogen and oxygen atoms in total. The van der Waals surface area contributed by atoms with Crippen LogP contribution in [0.3, 0.4) is 0 Å². The molecule has 1 unspecified atom stereocenters. The van der Waals surface area contributed by atoms with Crippen molar-refractivity contribution in [3.63, 3.8) is 0 Å². The molecule has 1 aromatic heterocycles. The molecule has 0 aliphatic heterocycles. The van der Waals surface area contributed by atoms with Crippen LogP contribution in [0, 0.1) is 17.1 Å². The van der Waals surface area contributed by atoms with Gasteiger partial charge >= 0.3 is 0 Å². The lowest BCUT2D eigenvalue weighted by Gasteiger charge is -2.15. The zero-order valence-corrected chi connectivity index (χ0v) is 12.0. The van der Waals surface area contributed by atoms with Crippen LogP contribution in [0.25, 0.3) is 0 Å². The molecule has 0 saturated carbocycles. The Balaban J connectivity index is 2.25. The van der Waals surface area contributed by atoms with Gasteiger partial charge in [-0.05, 0) is 52.5 Å². The second kappa shape index (κ2) is 5.51. The quantitative estimate of drug-likeness (QED) is 0.888. The van der Waals surface area contributed by atoms with Crippen molar-refractivity contribution in [3.8, 4) is 6.07 Å². The predicted octanol–water partition coefficient (Wildman–Crippen LogP) is 4.69. The van der Waals surface area contributed by atoms with E-state index in [0.29, 0.717) is 11.3 Å². The second-order valence-electron chi connectivity index (χ2n) is 3.80. The highest BCUT2D eigenvalue weighted by Crippen LogP contribution is 2.31. The van der Waals surface area contributed by atoms with Crippen LogP contribution in [0.2, 0.25) is 0 Å². The van der Waals surface area contributed by atoms with Gasteiger partial charge in [-0.1, -0.05) is 0 Å². The number of hydrogen-bond acceptors (Lipinski definition) is 3. The molecule has 0 amide bonds. The molecule has 2 aromatic rings. The number of nitrogens with one attached hydrogen (secondary N) is 1. The molecule has 0 aliphatic carbocycles. The third-order valence-corrected chi connectivity index (χ3v) is 4.57. The molecular formula is C13H10BrFN2S. The van der Waals surface area contributed by atoms with Crippen molar-refractivity contribution in [1.29, 1.82) is 5.26 Å². The Hall–Kier alpha value is -1.38. The zero-order valence-electron chi connectivity index (χ0n) is 9.58. The Kier molecular flexibility index (Phi) is 4.00. The van der Waals surface area contributed by atoms with Crippen LogP contribution in [0.1, 0.15) is 23.4 Å². The summed E-state index contributed by atoms with van der Waals surface area (Å²) in [6.07, 6.45) is 0. The van der Waals surface area contributed by atoms with Crippen molar-refractivity contribution in [1.82, 2.24) is 0 Å². The zero-order chi connectivity index (χ0) is 13.1. The number of thiophene rings is 1. The van der Waals surface area contributed by atoms with Crippen molar-refractivity contribution < 1.29 is 4.39 Å². The van der Waals surface area contributed by atoms with E-state index in [0.717, 1.165) is 9.35 Å². The summed E-state index contributed by atoms with van der Waals surface area (Å²) in [5.41, 5.74) is 0.959. The van der Waals surface area contributed by atoms with E-state index in [9.17, 15) is 4.39 Å². The summed E-state index contributed by atoms with van der Waals surface area (Å²) in [5, 5.41) is 14.2. The van der Waals surface area contributed by atoms with Gasteiger partial charge in [0.05, 0.1) is 17.3 Å². The van der Waals surface area contributed by atoms with E-state index in [1.54, 1.807) is 17.4 Å². The highest BCUT2D eigenvalue weighted by molar-refractivity contribution is 9.10. The van der Waals surface area contributed by atoms with Crippen LogP contribution in [0.5, 0.6) is 0 Å². The summed E-state index contributed by atoms with van der Waals surface area (Å²) in [7, 11) is 0. The number of rotatable bonds is 3. The fraction of sp³-hybridized carbons (Fsp3) is 0.154. The molecule has 5 heteroatoms. The van der Waals surface area contributed by atoms with Crippen LogP contribution < -0.4 is 5.32 Å². The van der Waals surface area contributed by atoms with E-state index < -0.39 is 5.82 Å². The van der Waals surface area contributed by atoms with Crippen LogP contribution >= 0.6 is 27.3 Å².